The Morgan fingerprint density at radius 1 is 1.12 bits per heavy atom. The molecule has 1 aliphatic rings. The number of methoxy groups -OCH3 is 1. The van der Waals surface area contributed by atoms with Crippen molar-refractivity contribution in [1.29, 1.82) is 0 Å². The van der Waals surface area contributed by atoms with Gasteiger partial charge in [-0.15, -0.1) is 0 Å². The first-order valence-corrected chi connectivity index (χ1v) is 13.4. The Labute approximate surface area is 236 Å². The first kappa shape index (κ1) is 25.9. The topological polar surface area (TPSA) is 93.0 Å². The lowest BCUT2D eigenvalue weighted by atomic mass is 9.99. The Morgan fingerprint density at radius 2 is 1.93 bits per heavy atom. The smallest absolute Gasteiger partial charge is 0.166 e. The molecule has 0 radical (unpaired) electrons. The Balaban J connectivity index is 1.60. The monoisotopic (exact) mass is 558 g/mol. The highest BCUT2D eigenvalue weighted by Crippen LogP contribution is 2.39. The van der Waals surface area contributed by atoms with E-state index in [4.69, 9.17) is 31.9 Å². The van der Waals surface area contributed by atoms with Crippen LogP contribution in [0.3, 0.4) is 0 Å². The Morgan fingerprint density at radius 3 is 2.67 bits per heavy atom. The molecule has 40 heavy (non-hydrogen) atoms. The van der Waals surface area contributed by atoms with Crippen LogP contribution in [0.1, 0.15) is 42.5 Å². The summed E-state index contributed by atoms with van der Waals surface area (Å²) in [5.41, 5.74) is 13.1. The average Bonchev–Trinajstić information content (AvgIpc) is 3.49. The standard InChI is InChI=1S/C30H28ClFN6O2/c1-4-24-29-19-11-27(30(33)34-14-19)40-17(2)23-12-20(32)7-10-22(23)25-13-28(31)36-38(25)16-26(29)37(35-24)15-18-5-8-21(39-3)9-6-18/h5-14,17H,4,15-16H2,1-3H3,(H2,33,34)/t17-/m1/s1. The van der Waals surface area contributed by atoms with Gasteiger partial charge in [-0.3, -0.25) is 9.36 Å². The minimum absolute atomic E-state index is 0.254. The molecular weight excluding hydrogens is 531 g/mol. The summed E-state index contributed by atoms with van der Waals surface area (Å²) in [6.45, 7) is 4.82. The summed E-state index contributed by atoms with van der Waals surface area (Å²) in [6.07, 6.45) is 1.90. The number of ether oxygens (including phenoxy) is 2. The number of halogens is 2. The average molecular weight is 559 g/mol. The summed E-state index contributed by atoms with van der Waals surface area (Å²) in [5, 5.41) is 9.99. The summed E-state index contributed by atoms with van der Waals surface area (Å²) in [5.74, 6) is 1.09. The molecule has 0 saturated heterocycles. The van der Waals surface area contributed by atoms with E-state index < -0.39 is 6.10 Å². The Kier molecular flexibility index (Phi) is 6.67. The van der Waals surface area contributed by atoms with Gasteiger partial charge in [0, 0.05) is 34.5 Å². The molecule has 0 amide bonds. The maximum atomic E-state index is 14.5. The molecule has 8 nitrogen and oxygen atoms in total. The van der Waals surface area contributed by atoms with Gasteiger partial charge in [-0.2, -0.15) is 10.2 Å². The lowest BCUT2D eigenvalue weighted by Gasteiger charge is -2.22. The number of hydrogen-bond acceptors (Lipinski definition) is 6. The number of hydrogen-bond donors (Lipinski definition) is 1. The van der Waals surface area contributed by atoms with E-state index in [2.05, 4.69) is 17.0 Å². The minimum atomic E-state index is -0.533. The molecule has 1 aliphatic heterocycles. The van der Waals surface area contributed by atoms with Crippen molar-refractivity contribution in [2.45, 2.75) is 39.5 Å². The van der Waals surface area contributed by atoms with Gasteiger partial charge in [0.2, 0.25) is 0 Å². The number of nitrogens with two attached hydrogens (primary N) is 1. The number of anilines is 1. The lowest BCUT2D eigenvalue weighted by molar-refractivity contribution is 0.227. The summed E-state index contributed by atoms with van der Waals surface area (Å²) in [6, 6.07) is 16.2. The van der Waals surface area contributed by atoms with E-state index in [1.807, 2.05) is 46.6 Å². The van der Waals surface area contributed by atoms with Gasteiger partial charge in [0.25, 0.3) is 0 Å². The van der Waals surface area contributed by atoms with Crippen molar-refractivity contribution in [1.82, 2.24) is 24.5 Å². The fourth-order valence-electron chi connectivity index (χ4n) is 5.24. The molecular formula is C30H28ClFN6O2. The Hall–Kier alpha value is -4.37. The fraction of sp³-hybridized carbons (Fsp3) is 0.233. The number of nitrogen functional groups attached to an aromatic ring is 1. The largest absolute Gasteiger partial charge is 0.497 e. The van der Waals surface area contributed by atoms with Crippen molar-refractivity contribution in [2.24, 2.45) is 0 Å². The summed E-state index contributed by atoms with van der Waals surface area (Å²) < 4.78 is 30.0. The maximum Gasteiger partial charge on any atom is 0.166 e. The normalized spacial score (nSPS) is 14.3. The van der Waals surface area contributed by atoms with Gasteiger partial charge in [0.1, 0.15) is 17.7 Å². The first-order chi connectivity index (χ1) is 19.3. The summed E-state index contributed by atoms with van der Waals surface area (Å²) >= 11 is 6.48. The zero-order valence-corrected chi connectivity index (χ0v) is 23.1. The highest BCUT2D eigenvalue weighted by molar-refractivity contribution is 6.29. The molecule has 204 valence electrons. The van der Waals surface area contributed by atoms with Gasteiger partial charge in [0.15, 0.2) is 16.7 Å². The molecule has 2 bridgehead atoms. The van der Waals surface area contributed by atoms with Crippen LogP contribution in [-0.4, -0.2) is 31.7 Å². The zero-order valence-electron chi connectivity index (χ0n) is 22.4. The predicted molar refractivity (Wildman–Crippen MR) is 152 cm³/mol. The predicted octanol–water partition coefficient (Wildman–Crippen LogP) is 6.30. The number of nitrogens with zero attached hydrogens (tertiary/aromatic N) is 5. The van der Waals surface area contributed by atoms with Gasteiger partial charge in [-0.1, -0.05) is 30.7 Å². The molecule has 10 heteroatoms. The molecule has 1 atom stereocenters. The van der Waals surface area contributed by atoms with Crippen LogP contribution in [0.4, 0.5) is 10.2 Å². The second-order valence-corrected chi connectivity index (χ2v) is 10.1. The van der Waals surface area contributed by atoms with E-state index in [0.29, 0.717) is 36.0 Å². The quantitative estimate of drug-likeness (QED) is 0.278. The maximum absolute atomic E-state index is 14.5. The van der Waals surface area contributed by atoms with E-state index in [1.54, 1.807) is 25.4 Å². The highest BCUT2D eigenvalue weighted by Gasteiger charge is 2.26. The molecule has 0 fully saturated rings. The molecule has 0 saturated carbocycles. The van der Waals surface area contributed by atoms with Gasteiger partial charge >= 0.3 is 0 Å². The van der Waals surface area contributed by atoms with E-state index in [1.165, 1.54) is 12.1 Å². The van der Waals surface area contributed by atoms with Crippen LogP contribution in [0.25, 0.3) is 22.4 Å². The molecule has 0 aliphatic carbocycles. The van der Waals surface area contributed by atoms with Gasteiger partial charge in [-0.25, -0.2) is 9.37 Å². The third-order valence-electron chi connectivity index (χ3n) is 7.21. The van der Waals surface area contributed by atoms with E-state index in [-0.39, 0.29) is 11.6 Å². The number of benzene rings is 2. The van der Waals surface area contributed by atoms with E-state index in [0.717, 1.165) is 45.1 Å². The number of rotatable bonds is 4. The second-order valence-electron chi connectivity index (χ2n) is 9.74. The molecule has 6 rings (SSSR count). The molecule has 2 N–H and O–H groups in total. The SMILES string of the molecule is CCc1nn(Cc2ccc(OC)cc2)c2c1-c1cnc(N)c(c1)O[C@H](C)c1cc(F)ccc1-c1cc(Cl)nn1C2. The second kappa shape index (κ2) is 10.3. The molecule has 0 unspecified atom stereocenters. The van der Waals surface area contributed by atoms with Gasteiger partial charge < -0.3 is 15.2 Å². The zero-order chi connectivity index (χ0) is 28.0. The van der Waals surface area contributed by atoms with E-state index in [9.17, 15) is 4.39 Å². The van der Waals surface area contributed by atoms with Crippen LogP contribution in [0.2, 0.25) is 5.15 Å². The van der Waals surface area contributed by atoms with Crippen molar-refractivity contribution in [2.75, 3.05) is 12.8 Å². The minimum Gasteiger partial charge on any atom is -0.497 e. The number of aryl methyl sites for hydroxylation is 1. The van der Waals surface area contributed by atoms with Gasteiger partial charge in [-0.05, 0) is 55.3 Å². The van der Waals surface area contributed by atoms with Crippen molar-refractivity contribution in [3.05, 3.63) is 94.3 Å². The molecule has 3 aromatic heterocycles. The van der Waals surface area contributed by atoms with Crippen molar-refractivity contribution >= 4 is 17.4 Å². The van der Waals surface area contributed by atoms with E-state index >= 15 is 0 Å². The van der Waals surface area contributed by atoms with Crippen molar-refractivity contribution in [3.8, 4) is 33.9 Å². The summed E-state index contributed by atoms with van der Waals surface area (Å²) in [4.78, 5) is 4.46. The van der Waals surface area contributed by atoms with Crippen LogP contribution in [0, 0.1) is 5.82 Å². The third kappa shape index (κ3) is 4.66. The third-order valence-corrected chi connectivity index (χ3v) is 7.39. The van der Waals surface area contributed by atoms with Crippen LogP contribution in [0.15, 0.2) is 60.8 Å². The Bertz CT molecular complexity index is 1710. The number of fused-ring (bicyclic) bond motifs is 7. The van der Waals surface area contributed by atoms with Crippen molar-refractivity contribution < 1.29 is 13.9 Å². The lowest BCUT2D eigenvalue weighted by Crippen LogP contribution is -2.14. The number of pyridine rings is 1. The molecule has 0 spiro atoms. The molecule has 5 aromatic rings. The summed E-state index contributed by atoms with van der Waals surface area (Å²) in [7, 11) is 1.65. The highest BCUT2D eigenvalue weighted by atomic mass is 35.5. The van der Waals surface area contributed by atoms with Crippen molar-refractivity contribution in [3.63, 3.8) is 0 Å². The van der Waals surface area contributed by atoms with Crippen LogP contribution in [0.5, 0.6) is 11.5 Å². The van der Waals surface area contributed by atoms with Crippen LogP contribution < -0.4 is 15.2 Å². The van der Waals surface area contributed by atoms with Crippen LogP contribution >= 0.6 is 11.6 Å². The number of aromatic nitrogens is 5. The molecule has 2 aromatic carbocycles. The molecule has 4 heterocycles. The fourth-order valence-corrected chi connectivity index (χ4v) is 5.43. The van der Waals surface area contributed by atoms with Gasteiger partial charge in [0.05, 0.1) is 37.3 Å². The first-order valence-electron chi connectivity index (χ1n) is 13.0. The van der Waals surface area contributed by atoms with Crippen LogP contribution in [-0.2, 0) is 19.5 Å².